The molecule has 0 aromatic carbocycles. The predicted octanol–water partition coefficient (Wildman–Crippen LogP) is 1.37. The summed E-state index contributed by atoms with van der Waals surface area (Å²) >= 11 is 0. The van der Waals surface area contributed by atoms with Gasteiger partial charge in [0.15, 0.2) is 0 Å². The standard InChI is InChI=1S/C22H37NO6/c1-5-6-7-8-9-10-11-12-13-14-21(25)29-18-19(24)17-28-16-15-20(22(26)27)23(2,3)4/h6-7,9-10,12-13,19-20,24H,5,8,11,14-18H2,1-4H3/b7-6+,10-9+,13-12+. The molecule has 0 aliphatic rings. The van der Waals surface area contributed by atoms with Crippen molar-refractivity contribution < 1.29 is 33.8 Å². The van der Waals surface area contributed by atoms with Crippen LogP contribution in [0.25, 0.3) is 0 Å². The molecule has 166 valence electrons. The lowest BCUT2D eigenvalue weighted by molar-refractivity contribution is -0.889. The summed E-state index contributed by atoms with van der Waals surface area (Å²) in [7, 11) is 5.30. The highest BCUT2D eigenvalue weighted by atomic mass is 16.5. The number of carboxylic acids is 1. The van der Waals surface area contributed by atoms with Gasteiger partial charge in [0.2, 0.25) is 0 Å². The second-order valence-electron chi connectivity index (χ2n) is 7.65. The number of quaternary nitrogens is 1. The Labute approximate surface area is 174 Å². The Hall–Kier alpha value is -1.96. The molecule has 0 radical (unpaired) electrons. The Bertz CT molecular complexity index is 548. The number of carbonyl (C=O) groups is 2. The first-order chi connectivity index (χ1) is 13.7. The molecule has 0 aliphatic carbocycles. The molecule has 0 fully saturated rings. The van der Waals surface area contributed by atoms with Crippen molar-refractivity contribution in [3.8, 4) is 0 Å². The number of hydrogen-bond donors (Lipinski definition) is 1. The molecular formula is C22H37NO6. The topological polar surface area (TPSA) is 95.9 Å². The molecule has 0 heterocycles. The molecule has 0 amide bonds. The molecule has 0 spiro atoms. The van der Waals surface area contributed by atoms with Crippen molar-refractivity contribution in [2.24, 2.45) is 0 Å². The molecule has 7 heteroatoms. The van der Waals surface area contributed by atoms with Gasteiger partial charge in [0.05, 0.1) is 46.7 Å². The number of likely N-dealkylation sites (N-methyl/N-ethyl adjacent to an activating group) is 1. The van der Waals surface area contributed by atoms with E-state index in [0.29, 0.717) is 0 Å². The molecule has 0 saturated heterocycles. The van der Waals surface area contributed by atoms with Gasteiger partial charge in [-0.3, -0.25) is 4.79 Å². The smallest absolute Gasteiger partial charge is 0.309 e. The van der Waals surface area contributed by atoms with Crippen LogP contribution in [0, 0.1) is 0 Å². The van der Waals surface area contributed by atoms with E-state index in [2.05, 4.69) is 25.2 Å². The average Bonchev–Trinajstić information content (AvgIpc) is 2.63. The van der Waals surface area contributed by atoms with Crippen molar-refractivity contribution in [1.29, 1.82) is 0 Å². The second kappa shape index (κ2) is 15.9. The van der Waals surface area contributed by atoms with Crippen molar-refractivity contribution in [1.82, 2.24) is 0 Å². The lowest BCUT2D eigenvalue weighted by Crippen LogP contribution is -2.55. The number of allylic oxidation sites excluding steroid dienone is 5. The van der Waals surface area contributed by atoms with E-state index in [1.165, 1.54) is 0 Å². The lowest BCUT2D eigenvalue weighted by atomic mass is 10.1. The number of aliphatic hydroxyl groups excluding tert-OH is 1. The molecule has 0 aliphatic heterocycles. The fraction of sp³-hybridized carbons (Fsp3) is 0.636. The summed E-state index contributed by atoms with van der Waals surface area (Å²) < 4.78 is 10.5. The minimum absolute atomic E-state index is 0.0305. The molecule has 0 saturated carbocycles. The minimum Gasteiger partial charge on any atom is -0.544 e. The molecule has 7 nitrogen and oxygen atoms in total. The van der Waals surface area contributed by atoms with E-state index in [1.807, 2.05) is 12.2 Å². The van der Waals surface area contributed by atoms with Gasteiger partial charge in [-0.25, -0.2) is 0 Å². The average molecular weight is 412 g/mol. The highest BCUT2D eigenvalue weighted by Crippen LogP contribution is 2.07. The number of hydrogen-bond acceptors (Lipinski definition) is 6. The summed E-state index contributed by atoms with van der Waals surface area (Å²) in [4.78, 5) is 22.8. The number of rotatable bonds is 16. The first-order valence-electron chi connectivity index (χ1n) is 10.1. The van der Waals surface area contributed by atoms with Crippen LogP contribution in [-0.2, 0) is 19.1 Å². The van der Waals surface area contributed by atoms with Gasteiger partial charge in [0.1, 0.15) is 18.8 Å². The van der Waals surface area contributed by atoms with Gasteiger partial charge in [-0.2, -0.15) is 0 Å². The van der Waals surface area contributed by atoms with Gasteiger partial charge in [-0.1, -0.05) is 43.4 Å². The summed E-state index contributed by atoms with van der Waals surface area (Å²) in [5.41, 5.74) is 0. The first kappa shape index (κ1) is 27.0. The fourth-order valence-electron chi connectivity index (χ4n) is 2.42. The van der Waals surface area contributed by atoms with E-state index in [1.54, 1.807) is 27.2 Å². The molecular weight excluding hydrogens is 374 g/mol. The van der Waals surface area contributed by atoms with Gasteiger partial charge in [0.25, 0.3) is 0 Å². The second-order valence-corrected chi connectivity index (χ2v) is 7.65. The largest absolute Gasteiger partial charge is 0.544 e. The molecule has 0 rings (SSSR count). The zero-order chi connectivity index (χ0) is 22.1. The van der Waals surface area contributed by atoms with Crippen LogP contribution in [0.15, 0.2) is 36.5 Å². The minimum atomic E-state index is -1.13. The van der Waals surface area contributed by atoms with Gasteiger partial charge < -0.3 is 29.0 Å². The Morgan fingerprint density at radius 3 is 2.14 bits per heavy atom. The molecule has 0 aromatic heterocycles. The maximum absolute atomic E-state index is 11.6. The number of aliphatic hydroxyl groups is 1. The molecule has 29 heavy (non-hydrogen) atoms. The number of carboxylic acid groups (broad SMARTS) is 1. The summed E-state index contributed by atoms with van der Waals surface area (Å²) in [6.45, 7) is 2.08. The number of carbonyl (C=O) groups excluding carboxylic acids is 2. The first-order valence-corrected chi connectivity index (χ1v) is 10.1. The summed E-state index contributed by atoms with van der Waals surface area (Å²) in [5, 5.41) is 20.9. The fourth-order valence-corrected chi connectivity index (χ4v) is 2.42. The van der Waals surface area contributed by atoms with E-state index < -0.39 is 24.1 Å². The van der Waals surface area contributed by atoms with E-state index in [0.717, 1.165) is 19.3 Å². The lowest BCUT2D eigenvalue weighted by Gasteiger charge is -2.34. The summed E-state index contributed by atoms with van der Waals surface area (Å²) in [6.07, 6.45) is 14.1. The Balaban J connectivity index is 3.87. The molecule has 1 N–H and O–H groups in total. The van der Waals surface area contributed by atoms with Crippen molar-refractivity contribution in [2.45, 2.75) is 51.2 Å². The Morgan fingerprint density at radius 2 is 1.59 bits per heavy atom. The van der Waals surface area contributed by atoms with Crippen LogP contribution in [0.5, 0.6) is 0 Å². The van der Waals surface area contributed by atoms with Crippen LogP contribution in [0.3, 0.4) is 0 Å². The maximum Gasteiger partial charge on any atom is 0.309 e. The third kappa shape index (κ3) is 15.6. The highest BCUT2D eigenvalue weighted by Gasteiger charge is 2.24. The van der Waals surface area contributed by atoms with Gasteiger partial charge >= 0.3 is 5.97 Å². The van der Waals surface area contributed by atoms with Crippen LogP contribution < -0.4 is 5.11 Å². The van der Waals surface area contributed by atoms with Crippen LogP contribution in [0.4, 0.5) is 0 Å². The Kier molecular flexibility index (Phi) is 14.8. The molecule has 0 bridgehead atoms. The molecule has 0 aromatic rings. The Morgan fingerprint density at radius 1 is 1.00 bits per heavy atom. The molecule has 2 unspecified atom stereocenters. The third-order valence-electron chi connectivity index (χ3n) is 4.05. The third-order valence-corrected chi connectivity index (χ3v) is 4.05. The van der Waals surface area contributed by atoms with Gasteiger partial charge in [-0.05, 0) is 19.3 Å². The van der Waals surface area contributed by atoms with Gasteiger partial charge in [0, 0.05) is 6.42 Å². The summed E-state index contributed by atoms with van der Waals surface area (Å²) in [5.74, 6) is -1.55. The molecule has 2 atom stereocenters. The summed E-state index contributed by atoms with van der Waals surface area (Å²) in [6, 6.07) is -0.695. The zero-order valence-corrected chi connectivity index (χ0v) is 18.2. The van der Waals surface area contributed by atoms with Crippen LogP contribution >= 0.6 is 0 Å². The highest BCUT2D eigenvalue weighted by molar-refractivity contribution is 5.71. The van der Waals surface area contributed by atoms with E-state index in [-0.39, 0.29) is 37.1 Å². The van der Waals surface area contributed by atoms with Crippen molar-refractivity contribution in [2.75, 3.05) is 41.0 Å². The van der Waals surface area contributed by atoms with Crippen LogP contribution in [-0.4, -0.2) is 74.6 Å². The van der Waals surface area contributed by atoms with Crippen LogP contribution in [0.1, 0.15) is 39.0 Å². The number of esters is 1. The van der Waals surface area contributed by atoms with E-state index in [9.17, 15) is 19.8 Å². The van der Waals surface area contributed by atoms with Crippen molar-refractivity contribution >= 4 is 11.9 Å². The van der Waals surface area contributed by atoms with E-state index in [4.69, 9.17) is 9.47 Å². The van der Waals surface area contributed by atoms with Crippen LogP contribution in [0.2, 0.25) is 0 Å². The zero-order valence-electron chi connectivity index (χ0n) is 18.2. The quantitative estimate of drug-likeness (QED) is 0.178. The monoisotopic (exact) mass is 411 g/mol. The number of aliphatic carboxylic acids is 1. The maximum atomic E-state index is 11.6. The number of nitrogens with zero attached hydrogens (tertiary/aromatic N) is 1. The predicted molar refractivity (Wildman–Crippen MR) is 111 cm³/mol. The normalized spacial score (nSPS) is 14.7. The van der Waals surface area contributed by atoms with Crippen molar-refractivity contribution in [3.63, 3.8) is 0 Å². The van der Waals surface area contributed by atoms with E-state index >= 15 is 0 Å². The van der Waals surface area contributed by atoms with Crippen molar-refractivity contribution in [3.05, 3.63) is 36.5 Å². The van der Waals surface area contributed by atoms with Gasteiger partial charge in [-0.15, -0.1) is 0 Å². The number of ether oxygens (including phenoxy) is 2. The SMILES string of the molecule is CC/C=C/C/C=C/C/C=C/CC(=O)OCC(O)COCCC(C(=O)[O-])[N+](C)(C)C.